The first-order valence-electron chi connectivity index (χ1n) is 6.86. The fourth-order valence-corrected chi connectivity index (χ4v) is 2.17. The van der Waals surface area contributed by atoms with Crippen LogP contribution in [0.3, 0.4) is 0 Å². The number of nitrogens with one attached hydrogen (secondary N) is 1. The molecule has 0 radical (unpaired) electrons. The molecule has 0 saturated heterocycles. The number of carboxylic acid groups (broad SMARTS) is 1. The van der Waals surface area contributed by atoms with Crippen LogP contribution in [0.1, 0.15) is 30.9 Å². The van der Waals surface area contributed by atoms with Gasteiger partial charge in [0.25, 0.3) is 0 Å². The molecule has 5 heteroatoms. The second-order valence-corrected chi connectivity index (χ2v) is 5.24. The predicted octanol–water partition coefficient (Wildman–Crippen LogP) is 2.25. The number of rotatable bonds is 6. The Morgan fingerprint density at radius 2 is 2.00 bits per heavy atom. The van der Waals surface area contributed by atoms with Crippen molar-refractivity contribution >= 4 is 12.0 Å². The van der Waals surface area contributed by atoms with E-state index in [-0.39, 0.29) is 25.0 Å². The standard InChI is InChI=1S/C15H20N2O3/c1-17(10-9-13(18)19)15(20)16-14(12-7-8-12)11-5-3-2-4-6-11/h2-6,12,14H,7-10H2,1H3,(H,16,20)(H,18,19). The molecule has 1 aliphatic carbocycles. The highest BCUT2D eigenvalue weighted by Gasteiger charge is 2.33. The van der Waals surface area contributed by atoms with Crippen LogP contribution in [0, 0.1) is 5.92 Å². The lowest BCUT2D eigenvalue weighted by Crippen LogP contribution is -2.40. The summed E-state index contributed by atoms with van der Waals surface area (Å²) in [6, 6.07) is 9.72. The van der Waals surface area contributed by atoms with Crippen LogP contribution in [0.5, 0.6) is 0 Å². The number of amides is 2. The molecule has 5 nitrogen and oxygen atoms in total. The number of carboxylic acids is 1. The Bertz CT molecular complexity index is 471. The van der Waals surface area contributed by atoms with Crippen LogP contribution in [-0.2, 0) is 4.79 Å². The molecular formula is C15H20N2O3. The van der Waals surface area contributed by atoms with Gasteiger partial charge < -0.3 is 15.3 Å². The Labute approximate surface area is 118 Å². The van der Waals surface area contributed by atoms with Gasteiger partial charge in [-0.3, -0.25) is 4.79 Å². The van der Waals surface area contributed by atoms with E-state index in [4.69, 9.17) is 5.11 Å². The van der Waals surface area contributed by atoms with E-state index in [2.05, 4.69) is 5.32 Å². The SMILES string of the molecule is CN(CCC(=O)O)C(=O)NC(c1ccccc1)C1CC1. The van der Waals surface area contributed by atoms with Gasteiger partial charge in [-0.1, -0.05) is 30.3 Å². The van der Waals surface area contributed by atoms with Crippen molar-refractivity contribution in [1.82, 2.24) is 10.2 Å². The second-order valence-electron chi connectivity index (χ2n) is 5.24. The van der Waals surface area contributed by atoms with E-state index >= 15 is 0 Å². The highest BCUT2D eigenvalue weighted by atomic mass is 16.4. The summed E-state index contributed by atoms with van der Waals surface area (Å²) in [5.74, 6) is -0.402. The maximum Gasteiger partial charge on any atom is 0.317 e. The topological polar surface area (TPSA) is 69.6 Å². The predicted molar refractivity (Wildman–Crippen MR) is 75.3 cm³/mol. The van der Waals surface area contributed by atoms with Gasteiger partial charge in [0, 0.05) is 13.6 Å². The van der Waals surface area contributed by atoms with E-state index in [1.165, 1.54) is 4.90 Å². The third kappa shape index (κ3) is 3.98. The van der Waals surface area contributed by atoms with Crippen LogP contribution in [0.15, 0.2) is 30.3 Å². The van der Waals surface area contributed by atoms with E-state index in [1.807, 2.05) is 30.3 Å². The molecule has 20 heavy (non-hydrogen) atoms. The summed E-state index contributed by atoms with van der Waals surface area (Å²) < 4.78 is 0. The quantitative estimate of drug-likeness (QED) is 0.837. The van der Waals surface area contributed by atoms with Crippen molar-refractivity contribution in [2.75, 3.05) is 13.6 Å². The number of benzene rings is 1. The van der Waals surface area contributed by atoms with Crippen molar-refractivity contribution in [3.63, 3.8) is 0 Å². The molecule has 0 aromatic heterocycles. The van der Waals surface area contributed by atoms with Gasteiger partial charge in [0.05, 0.1) is 12.5 Å². The number of hydrogen-bond donors (Lipinski definition) is 2. The minimum absolute atomic E-state index is 0.0241. The second kappa shape index (κ2) is 6.41. The lowest BCUT2D eigenvalue weighted by Gasteiger charge is -2.23. The molecule has 1 aromatic rings. The zero-order valence-electron chi connectivity index (χ0n) is 11.6. The Morgan fingerprint density at radius 3 is 2.55 bits per heavy atom. The summed E-state index contributed by atoms with van der Waals surface area (Å²) in [6.45, 7) is 0.216. The Kier molecular flexibility index (Phi) is 4.61. The number of hydrogen-bond acceptors (Lipinski definition) is 2. The van der Waals surface area contributed by atoms with E-state index in [0.29, 0.717) is 5.92 Å². The largest absolute Gasteiger partial charge is 0.481 e. The molecule has 1 unspecified atom stereocenters. The number of carbonyl (C=O) groups is 2. The first-order chi connectivity index (χ1) is 9.58. The number of urea groups is 1. The molecule has 0 aliphatic heterocycles. The smallest absolute Gasteiger partial charge is 0.317 e. The summed E-state index contributed by atoms with van der Waals surface area (Å²) in [6.07, 6.45) is 2.21. The lowest BCUT2D eigenvalue weighted by atomic mass is 10.0. The van der Waals surface area contributed by atoms with E-state index < -0.39 is 5.97 Å². The average molecular weight is 276 g/mol. The van der Waals surface area contributed by atoms with Gasteiger partial charge in [-0.15, -0.1) is 0 Å². The molecule has 2 N–H and O–H groups in total. The molecule has 2 rings (SSSR count). The maximum atomic E-state index is 12.1. The molecule has 0 spiro atoms. The average Bonchev–Trinajstić information content (AvgIpc) is 3.27. The highest BCUT2D eigenvalue weighted by molar-refractivity contribution is 5.75. The third-order valence-electron chi connectivity index (χ3n) is 3.54. The highest BCUT2D eigenvalue weighted by Crippen LogP contribution is 2.40. The van der Waals surface area contributed by atoms with Gasteiger partial charge >= 0.3 is 12.0 Å². The van der Waals surface area contributed by atoms with Crippen molar-refractivity contribution in [3.8, 4) is 0 Å². The minimum atomic E-state index is -0.897. The van der Waals surface area contributed by atoms with Crippen molar-refractivity contribution < 1.29 is 14.7 Å². The van der Waals surface area contributed by atoms with Crippen LogP contribution in [0.4, 0.5) is 4.79 Å². The van der Waals surface area contributed by atoms with Crippen molar-refractivity contribution in [2.45, 2.75) is 25.3 Å². The fourth-order valence-electron chi connectivity index (χ4n) is 2.17. The molecule has 1 aromatic carbocycles. The third-order valence-corrected chi connectivity index (χ3v) is 3.54. The van der Waals surface area contributed by atoms with Gasteiger partial charge in [-0.05, 0) is 24.3 Å². The van der Waals surface area contributed by atoms with Gasteiger partial charge in [0.15, 0.2) is 0 Å². The molecule has 1 fully saturated rings. The number of nitrogens with zero attached hydrogens (tertiary/aromatic N) is 1. The summed E-state index contributed by atoms with van der Waals surface area (Å²) >= 11 is 0. The van der Waals surface area contributed by atoms with Gasteiger partial charge in [0.2, 0.25) is 0 Å². The molecule has 0 bridgehead atoms. The van der Waals surface area contributed by atoms with Gasteiger partial charge in [-0.2, -0.15) is 0 Å². The molecule has 2 amide bonds. The molecule has 0 heterocycles. The molecule has 1 aliphatic rings. The van der Waals surface area contributed by atoms with Crippen LogP contribution in [0.2, 0.25) is 0 Å². The zero-order valence-corrected chi connectivity index (χ0v) is 11.6. The molecular weight excluding hydrogens is 256 g/mol. The van der Waals surface area contributed by atoms with Crippen molar-refractivity contribution in [3.05, 3.63) is 35.9 Å². The first-order valence-corrected chi connectivity index (χ1v) is 6.86. The van der Waals surface area contributed by atoms with Crippen molar-refractivity contribution in [1.29, 1.82) is 0 Å². The Balaban J connectivity index is 1.95. The van der Waals surface area contributed by atoms with Gasteiger partial charge in [0.1, 0.15) is 0 Å². The minimum Gasteiger partial charge on any atom is -0.481 e. The molecule has 1 atom stereocenters. The zero-order chi connectivity index (χ0) is 14.5. The maximum absolute atomic E-state index is 12.1. The van der Waals surface area contributed by atoms with Crippen LogP contribution >= 0.6 is 0 Å². The van der Waals surface area contributed by atoms with Crippen LogP contribution < -0.4 is 5.32 Å². The Hall–Kier alpha value is -2.04. The fraction of sp³-hybridized carbons (Fsp3) is 0.467. The van der Waals surface area contributed by atoms with Crippen molar-refractivity contribution in [2.24, 2.45) is 5.92 Å². The van der Waals surface area contributed by atoms with Gasteiger partial charge in [-0.25, -0.2) is 4.79 Å². The normalized spacial score (nSPS) is 15.4. The molecule has 108 valence electrons. The lowest BCUT2D eigenvalue weighted by molar-refractivity contribution is -0.137. The van der Waals surface area contributed by atoms with E-state index in [1.54, 1.807) is 7.05 Å². The first kappa shape index (κ1) is 14.4. The summed E-state index contributed by atoms with van der Waals surface area (Å²) in [7, 11) is 1.62. The summed E-state index contributed by atoms with van der Waals surface area (Å²) in [5, 5.41) is 11.7. The van der Waals surface area contributed by atoms with Crippen LogP contribution in [-0.4, -0.2) is 35.6 Å². The molecule has 1 saturated carbocycles. The van der Waals surface area contributed by atoms with E-state index in [0.717, 1.165) is 18.4 Å². The summed E-state index contributed by atoms with van der Waals surface area (Å²) in [5.41, 5.74) is 1.11. The Morgan fingerprint density at radius 1 is 1.35 bits per heavy atom. The van der Waals surface area contributed by atoms with Crippen LogP contribution in [0.25, 0.3) is 0 Å². The number of aliphatic carboxylic acids is 1. The number of carbonyl (C=O) groups excluding carboxylic acids is 1. The van der Waals surface area contributed by atoms with E-state index in [9.17, 15) is 9.59 Å². The summed E-state index contributed by atoms with van der Waals surface area (Å²) in [4.78, 5) is 24.0. The monoisotopic (exact) mass is 276 g/mol.